The van der Waals surface area contributed by atoms with Crippen LogP contribution in [0.4, 0.5) is 0 Å². The molecular weight excluding hydrogens is 320 g/mol. The lowest BCUT2D eigenvalue weighted by molar-refractivity contribution is -0.127. The fraction of sp³-hybridized carbons (Fsp3) is 0.533. The number of rotatable bonds is 6. The van der Waals surface area contributed by atoms with Crippen molar-refractivity contribution in [1.82, 2.24) is 9.62 Å². The highest BCUT2D eigenvalue weighted by Crippen LogP contribution is 2.21. The summed E-state index contributed by atoms with van der Waals surface area (Å²) in [6, 6.07) is 6.10. The van der Waals surface area contributed by atoms with Crippen molar-refractivity contribution in [2.24, 2.45) is 0 Å². The van der Waals surface area contributed by atoms with Crippen LogP contribution in [0.3, 0.4) is 0 Å². The number of ether oxygens (including phenoxy) is 2. The molecule has 1 atom stereocenters. The molecule has 2 rings (SSSR count). The molecule has 1 aliphatic heterocycles. The molecule has 0 unspecified atom stereocenters. The van der Waals surface area contributed by atoms with E-state index in [4.69, 9.17) is 9.47 Å². The number of carbonyl (C=O) groups is 1. The first kappa shape index (κ1) is 17.7. The van der Waals surface area contributed by atoms with Crippen molar-refractivity contribution < 1.29 is 22.7 Å². The van der Waals surface area contributed by atoms with Crippen LogP contribution in [0.5, 0.6) is 5.75 Å². The number of nitrogens with zero attached hydrogens (tertiary/aromatic N) is 1. The zero-order valence-corrected chi connectivity index (χ0v) is 14.1. The summed E-state index contributed by atoms with van der Waals surface area (Å²) in [6.45, 7) is 5.53. The molecule has 128 valence electrons. The molecule has 0 bridgehead atoms. The van der Waals surface area contributed by atoms with E-state index in [0.29, 0.717) is 38.6 Å². The lowest BCUT2D eigenvalue weighted by Crippen LogP contribution is -2.40. The minimum absolute atomic E-state index is 0.206. The van der Waals surface area contributed by atoms with E-state index in [-0.39, 0.29) is 10.8 Å². The Labute approximate surface area is 136 Å². The fourth-order valence-electron chi connectivity index (χ4n) is 2.20. The van der Waals surface area contributed by atoms with Gasteiger partial charge in [0.15, 0.2) is 6.10 Å². The standard InChI is InChI=1S/C15H22N2O5S/c1-3-16-15(18)12(2)22-13-4-6-14(7-5-13)23(19,20)17-8-10-21-11-9-17/h4-7,12H,3,8-11H2,1-2H3,(H,16,18)/t12-/m0/s1. The Balaban J connectivity index is 2.05. The van der Waals surface area contributed by atoms with Crippen molar-refractivity contribution in [2.45, 2.75) is 24.8 Å². The molecule has 0 aromatic heterocycles. The number of morpholine rings is 1. The van der Waals surface area contributed by atoms with Gasteiger partial charge in [0.05, 0.1) is 18.1 Å². The second-order valence-corrected chi connectivity index (χ2v) is 7.08. The van der Waals surface area contributed by atoms with Gasteiger partial charge in [-0.15, -0.1) is 0 Å². The molecule has 1 heterocycles. The van der Waals surface area contributed by atoms with Crippen LogP contribution < -0.4 is 10.1 Å². The zero-order chi connectivity index (χ0) is 16.9. The van der Waals surface area contributed by atoms with E-state index >= 15 is 0 Å². The van der Waals surface area contributed by atoms with Crippen LogP contribution in [0.25, 0.3) is 0 Å². The van der Waals surface area contributed by atoms with Crippen LogP contribution in [0, 0.1) is 0 Å². The van der Waals surface area contributed by atoms with Gasteiger partial charge < -0.3 is 14.8 Å². The van der Waals surface area contributed by atoms with Gasteiger partial charge in [0.2, 0.25) is 10.0 Å². The first-order valence-electron chi connectivity index (χ1n) is 7.57. The number of benzene rings is 1. The predicted molar refractivity (Wildman–Crippen MR) is 84.8 cm³/mol. The van der Waals surface area contributed by atoms with Gasteiger partial charge in [-0.1, -0.05) is 0 Å². The fourth-order valence-corrected chi connectivity index (χ4v) is 3.61. The number of amides is 1. The van der Waals surface area contributed by atoms with Gasteiger partial charge >= 0.3 is 0 Å². The number of sulfonamides is 1. The van der Waals surface area contributed by atoms with Gasteiger partial charge in [0, 0.05) is 19.6 Å². The third-order valence-corrected chi connectivity index (χ3v) is 5.38. The minimum Gasteiger partial charge on any atom is -0.481 e. The quantitative estimate of drug-likeness (QED) is 0.819. The van der Waals surface area contributed by atoms with Crippen molar-refractivity contribution in [3.8, 4) is 5.75 Å². The molecule has 1 N–H and O–H groups in total. The van der Waals surface area contributed by atoms with E-state index in [1.54, 1.807) is 19.1 Å². The third kappa shape index (κ3) is 4.43. The van der Waals surface area contributed by atoms with Crippen LogP contribution in [-0.4, -0.2) is 57.6 Å². The lowest BCUT2D eigenvalue weighted by Gasteiger charge is -2.26. The zero-order valence-electron chi connectivity index (χ0n) is 13.3. The summed E-state index contributed by atoms with van der Waals surface area (Å²) >= 11 is 0. The number of likely N-dealkylation sites (N-methyl/N-ethyl adjacent to an activating group) is 1. The lowest BCUT2D eigenvalue weighted by atomic mass is 10.3. The largest absolute Gasteiger partial charge is 0.481 e. The Morgan fingerprint density at radius 1 is 1.30 bits per heavy atom. The van der Waals surface area contributed by atoms with E-state index in [0.717, 1.165) is 0 Å². The SMILES string of the molecule is CCNC(=O)[C@H](C)Oc1ccc(S(=O)(=O)N2CCOCC2)cc1. The summed E-state index contributed by atoms with van der Waals surface area (Å²) in [5.41, 5.74) is 0. The maximum atomic E-state index is 12.5. The second kappa shape index (κ2) is 7.76. The third-order valence-electron chi connectivity index (χ3n) is 3.46. The maximum absolute atomic E-state index is 12.5. The van der Waals surface area contributed by atoms with Crippen LogP contribution in [0.1, 0.15) is 13.8 Å². The summed E-state index contributed by atoms with van der Waals surface area (Å²) < 4.78 is 37.0. The molecule has 8 heteroatoms. The molecule has 1 fully saturated rings. The Morgan fingerprint density at radius 3 is 2.48 bits per heavy atom. The molecule has 1 aliphatic rings. The maximum Gasteiger partial charge on any atom is 0.260 e. The van der Waals surface area contributed by atoms with Crippen LogP contribution >= 0.6 is 0 Å². The second-order valence-electron chi connectivity index (χ2n) is 5.14. The van der Waals surface area contributed by atoms with Gasteiger partial charge in [-0.25, -0.2) is 8.42 Å². The number of nitrogens with one attached hydrogen (secondary N) is 1. The molecule has 23 heavy (non-hydrogen) atoms. The normalized spacial score (nSPS) is 17.5. The molecular formula is C15H22N2O5S. The van der Waals surface area contributed by atoms with Crippen LogP contribution in [0.15, 0.2) is 29.2 Å². The molecule has 0 spiro atoms. The topological polar surface area (TPSA) is 84.9 Å². The number of hydrogen-bond acceptors (Lipinski definition) is 5. The average Bonchev–Trinajstić information content (AvgIpc) is 2.56. The highest BCUT2D eigenvalue weighted by atomic mass is 32.2. The molecule has 1 saturated heterocycles. The van der Waals surface area contributed by atoms with Crippen molar-refractivity contribution in [3.63, 3.8) is 0 Å². The van der Waals surface area contributed by atoms with E-state index in [1.165, 1.54) is 16.4 Å². The van der Waals surface area contributed by atoms with Gasteiger partial charge in [-0.2, -0.15) is 4.31 Å². The molecule has 0 saturated carbocycles. The number of carbonyl (C=O) groups excluding carboxylic acids is 1. The van der Waals surface area contributed by atoms with E-state index in [2.05, 4.69) is 5.32 Å². The van der Waals surface area contributed by atoms with Gasteiger partial charge in [-0.3, -0.25) is 4.79 Å². The summed E-state index contributed by atoms with van der Waals surface area (Å²) in [4.78, 5) is 11.8. The molecule has 0 radical (unpaired) electrons. The molecule has 1 aromatic carbocycles. The minimum atomic E-state index is -3.51. The van der Waals surface area contributed by atoms with E-state index < -0.39 is 16.1 Å². The number of hydrogen-bond donors (Lipinski definition) is 1. The highest BCUT2D eigenvalue weighted by molar-refractivity contribution is 7.89. The molecule has 1 amide bonds. The molecule has 1 aromatic rings. The Hall–Kier alpha value is -1.64. The van der Waals surface area contributed by atoms with Crippen molar-refractivity contribution in [2.75, 3.05) is 32.8 Å². The molecule has 0 aliphatic carbocycles. The summed E-state index contributed by atoms with van der Waals surface area (Å²) in [6.07, 6.45) is -0.642. The van der Waals surface area contributed by atoms with Crippen LogP contribution in [-0.2, 0) is 19.6 Å². The Bertz CT molecular complexity index is 624. The van der Waals surface area contributed by atoms with E-state index in [1.807, 2.05) is 6.92 Å². The first-order chi connectivity index (χ1) is 10.9. The average molecular weight is 342 g/mol. The Morgan fingerprint density at radius 2 is 1.91 bits per heavy atom. The monoisotopic (exact) mass is 342 g/mol. The first-order valence-corrected chi connectivity index (χ1v) is 9.01. The summed E-state index contributed by atoms with van der Waals surface area (Å²) in [5, 5.41) is 2.67. The van der Waals surface area contributed by atoms with Crippen molar-refractivity contribution in [1.29, 1.82) is 0 Å². The van der Waals surface area contributed by atoms with Crippen LogP contribution in [0.2, 0.25) is 0 Å². The molecule has 7 nitrogen and oxygen atoms in total. The highest BCUT2D eigenvalue weighted by Gasteiger charge is 2.26. The summed E-state index contributed by atoms with van der Waals surface area (Å²) in [5.74, 6) is 0.238. The Kier molecular flexibility index (Phi) is 5.97. The predicted octanol–water partition coefficient (Wildman–Crippen LogP) is 0.611. The smallest absolute Gasteiger partial charge is 0.260 e. The summed E-state index contributed by atoms with van der Waals surface area (Å²) in [7, 11) is -3.51. The van der Waals surface area contributed by atoms with Gasteiger partial charge in [-0.05, 0) is 38.1 Å². The van der Waals surface area contributed by atoms with Gasteiger partial charge in [0.1, 0.15) is 5.75 Å². The van der Waals surface area contributed by atoms with Gasteiger partial charge in [0.25, 0.3) is 5.91 Å². The van der Waals surface area contributed by atoms with E-state index in [9.17, 15) is 13.2 Å². The van der Waals surface area contributed by atoms with Crippen molar-refractivity contribution >= 4 is 15.9 Å². The van der Waals surface area contributed by atoms with Crippen molar-refractivity contribution in [3.05, 3.63) is 24.3 Å².